The zero-order valence-electron chi connectivity index (χ0n) is 11.2. The molecule has 0 bridgehead atoms. The fourth-order valence-corrected chi connectivity index (χ4v) is 4.57. The van der Waals surface area contributed by atoms with E-state index in [1.54, 1.807) is 41.2 Å². The topological polar surface area (TPSA) is 77.2 Å². The highest BCUT2D eigenvalue weighted by molar-refractivity contribution is 8.01. The number of fused-ring (bicyclic) bond motifs is 1. The lowest BCUT2D eigenvalue weighted by Gasteiger charge is -2.45. The first-order chi connectivity index (χ1) is 9.47. The molecule has 5 nitrogen and oxygen atoms in total. The summed E-state index contributed by atoms with van der Waals surface area (Å²) in [6.45, 7) is 3.93. The van der Waals surface area contributed by atoms with Crippen molar-refractivity contribution in [3.05, 3.63) is 30.1 Å². The molecule has 4 unspecified atom stereocenters. The molecule has 6 heteroatoms. The molecule has 2 aliphatic rings. The molecular weight excluding hydrogens is 274 g/mol. The molecule has 4 atom stereocenters. The molecule has 0 saturated carbocycles. The van der Waals surface area contributed by atoms with Crippen LogP contribution in [-0.2, 0) is 4.79 Å². The average molecular weight is 289 g/mol. The summed E-state index contributed by atoms with van der Waals surface area (Å²) in [5.41, 5.74) is 0.691. The van der Waals surface area contributed by atoms with E-state index in [-0.39, 0.29) is 16.0 Å². The SMILES string of the molecule is CC1(C)SC2C(C(O)c3ccncc3)C(=O)N2C1C#N. The Morgan fingerprint density at radius 1 is 1.50 bits per heavy atom. The molecule has 3 heterocycles. The predicted octanol–water partition coefficient (Wildman–Crippen LogP) is 1.32. The van der Waals surface area contributed by atoms with Crippen LogP contribution in [-0.4, -0.2) is 37.1 Å². The third kappa shape index (κ3) is 1.74. The number of hydrogen-bond acceptors (Lipinski definition) is 5. The lowest BCUT2D eigenvalue weighted by Crippen LogP contribution is -2.61. The van der Waals surface area contributed by atoms with Crippen LogP contribution in [0.25, 0.3) is 0 Å². The largest absolute Gasteiger partial charge is 0.387 e. The van der Waals surface area contributed by atoms with Crippen LogP contribution in [0.2, 0.25) is 0 Å². The number of pyridine rings is 1. The fourth-order valence-electron chi connectivity index (χ4n) is 2.90. The lowest BCUT2D eigenvalue weighted by molar-refractivity contribution is -0.159. The molecule has 20 heavy (non-hydrogen) atoms. The van der Waals surface area contributed by atoms with Gasteiger partial charge in [0.25, 0.3) is 0 Å². The van der Waals surface area contributed by atoms with E-state index in [2.05, 4.69) is 11.1 Å². The van der Waals surface area contributed by atoms with Crippen LogP contribution in [0.4, 0.5) is 0 Å². The number of aromatic nitrogens is 1. The van der Waals surface area contributed by atoms with Crippen molar-refractivity contribution >= 4 is 17.7 Å². The number of carbonyl (C=O) groups is 1. The summed E-state index contributed by atoms with van der Waals surface area (Å²) in [7, 11) is 0. The summed E-state index contributed by atoms with van der Waals surface area (Å²) in [4.78, 5) is 17.8. The summed E-state index contributed by atoms with van der Waals surface area (Å²) in [6, 6.07) is 5.21. The maximum Gasteiger partial charge on any atom is 0.233 e. The second-order valence-electron chi connectivity index (χ2n) is 5.64. The first-order valence-electron chi connectivity index (χ1n) is 6.45. The average Bonchev–Trinajstić information content (AvgIpc) is 2.67. The van der Waals surface area contributed by atoms with E-state index in [1.807, 2.05) is 13.8 Å². The van der Waals surface area contributed by atoms with Crippen molar-refractivity contribution < 1.29 is 9.90 Å². The first kappa shape index (κ1) is 13.4. The fraction of sp³-hybridized carbons (Fsp3) is 0.500. The molecule has 2 fully saturated rings. The number of hydrogen-bond donors (Lipinski definition) is 1. The standard InChI is InChI=1S/C14H15N3O2S/c1-14(2)9(7-15)17-12(19)10(13(17)20-14)11(18)8-3-5-16-6-4-8/h3-6,9-11,13,18H,1-2H3. The van der Waals surface area contributed by atoms with Crippen molar-refractivity contribution in [2.45, 2.75) is 36.1 Å². The number of rotatable bonds is 2. The summed E-state index contributed by atoms with van der Waals surface area (Å²) >= 11 is 1.59. The van der Waals surface area contributed by atoms with E-state index in [1.165, 1.54) is 0 Å². The highest BCUT2D eigenvalue weighted by Gasteiger charge is 2.63. The second-order valence-corrected chi connectivity index (χ2v) is 7.41. The van der Waals surface area contributed by atoms with E-state index in [9.17, 15) is 15.2 Å². The van der Waals surface area contributed by atoms with Crippen LogP contribution in [0.15, 0.2) is 24.5 Å². The number of aliphatic hydroxyl groups excluding tert-OH is 1. The van der Waals surface area contributed by atoms with Gasteiger partial charge in [0.05, 0.1) is 23.5 Å². The Morgan fingerprint density at radius 3 is 2.75 bits per heavy atom. The molecule has 0 radical (unpaired) electrons. The molecule has 0 aromatic carbocycles. The Kier molecular flexibility index (Phi) is 3.00. The van der Waals surface area contributed by atoms with Crippen molar-refractivity contribution in [1.29, 1.82) is 5.26 Å². The van der Waals surface area contributed by atoms with Crippen LogP contribution in [0.5, 0.6) is 0 Å². The normalized spacial score (nSPS) is 32.2. The van der Waals surface area contributed by atoms with Crippen molar-refractivity contribution in [3.63, 3.8) is 0 Å². The zero-order valence-corrected chi connectivity index (χ0v) is 12.0. The van der Waals surface area contributed by atoms with Gasteiger partial charge in [-0.15, -0.1) is 11.8 Å². The number of aliphatic hydroxyl groups is 1. The highest BCUT2D eigenvalue weighted by Crippen LogP contribution is 2.55. The van der Waals surface area contributed by atoms with Crippen molar-refractivity contribution in [3.8, 4) is 6.07 Å². The number of thioether (sulfide) groups is 1. The predicted molar refractivity (Wildman–Crippen MR) is 74.4 cm³/mol. The molecule has 3 rings (SSSR count). The van der Waals surface area contributed by atoms with E-state index in [0.29, 0.717) is 5.56 Å². The Labute approximate surface area is 121 Å². The minimum absolute atomic E-state index is 0.120. The van der Waals surface area contributed by atoms with Crippen LogP contribution in [0.3, 0.4) is 0 Å². The molecule has 1 aromatic heterocycles. The van der Waals surface area contributed by atoms with E-state index >= 15 is 0 Å². The van der Waals surface area contributed by atoms with Crippen molar-refractivity contribution in [2.75, 3.05) is 0 Å². The number of amides is 1. The molecule has 1 N–H and O–H groups in total. The molecular formula is C14H15N3O2S. The number of nitriles is 1. The van der Waals surface area contributed by atoms with Gasteiger partial charge in [0.15, 0.2) is 0 Å². The van der Waals surface area contributed by atoms with E-state index < -0.39 is 18.1 Å². The van der Waals surface area contributed by atoms with Crippen LogP contribution in [0, 0.1) is 17.2 Å². The van der Waals surface area contributed by atoms with Gasteiger partial charge in [-0.1, -0.05) is 0 Å². The van der Waals surface area contributed by atoms with Crippen LogP contribution < -0.4 is 0 Å². The molecule has 104 valence electrons. The van der Waals surface area contributed by atoms with Gasteiger partial charge in [-0.2, -0.15) is 5.26 Å². The Morgan fingerprint density at radius 2 is 2.15 bits per heavy atom. The van der Waals surface area contributed by atoms with Crippen LogP contribution in [0.1, 0.15) is 25.5 Å². The van der Waals surface area contributed by atoms with Gasteiger partial charge < -0.3 is 10.0 Å². The molecule has 1 amide bonds. The van der Waals surface area contributed by atoms with Gasteiger partial charge in [0.1, 0.15) is 6.04 Å². The smallest absolute Gasteiger partial charge is 0.233 e. The summed E-state index contributed by atoms with van der Waals surface area (Å²) < 4.78 is -0.304. The number of nitrogens with zero attached hydrogens (tertiary/aromatic N) is 3. The number of β-lactam (4-membered cyclic amide) rings is 1. The maximum atomic E-state index is 12.3. The van der Waals surface area contributed by atoms with Gasteiger partial charge in [-0.05, 0) is 31.5 Å². The monoisotopic (exact) mass is 289 g/mol. The summed E-state index contributed by atoms with van der Waals surface area (Å²) in [5, 5.41) is 19.6. The van der Waals surface area contributed by atoms with Gasteiger partial charge in [0, 0.05) is 17.1 Å². The van der Waals surface area contributed by atoms with Gasteiger partial charge in [-0.3, -0.25) is 9.78 Å². The van der Waals surface area contributed by atoms with Gasteiger partial charge in [0.2, 0.25) is 5.91 Å². The zero-order chi connectivity index (χ0) is 14.5. The maximum absolute atomic E-state index is 12.3. The van der Waals surface area contributed by atoms with Crippen molar-refractivity contribution in [1.82, 2.24) is 9.88 Å². The van der Waals surface area contributed by atoms with E-state index in [0.717, 1.165) is 0 Å². The van der Waals surface area contributed by atoms with Crippen molar-refractivity contribution in [2.24, 2.45) is 5.92 Å². The molecule has 2 saturated heterocycles. The minimum atomic E-state index is -0.840. The Balaban J connectivity index is 1.86. The quantitative estimate of drug-likeness (QED) is 0.831. The summed E-state index contributed by atoms with van der Waals surface area (Å²) in [5.74, 6) is -0.607. The second kappa shape index (κ2) is 4.47. The molecule has 0 aliphatic carbocycles. The van der Waals surface area contributed by atoms with E-state index in [4.69, 9.17) is 0 Å². The third-order valence-corrected chi connectivity index (χ3v) is 5.58. The lowest BCUT2D eigenvalue weighted by atomic mass is 9.85. The summed E-state index contributed by atoms with van der Waals surface area (Å²) in [6.07, 6.45) is 2.36. The Bertz CT molecular complexity index is 584. The molecule has 2 aliphatic heterocycles. The highest BCUT2D eigenvalue weighted by atomic mass is 32.2. The van der Waals surface area contributed by atoms with Crippen LogP contribution >= 0.6 is 11.8 Å². The van der Waals surface area contributed by atoms with Gasteiger partial charge in [-0.25, -0.2) is 0 Å². The minimum Gasteiger partial charge on any atom is -0.387 e. The third-order valence-electron chi connectivity index (χ3n) is 3.99. The Hall–Kier alpha value is -1.58. The molecule has 1 aromatic rings. The van der Waals surface area contributed by atoms with Gasteiger partial charge >= 0.3 is 0 Å². The first-order valence-corrected chi connectivity index (χ1v) is 7.33. The number of carbonyl (C=O) groups excluding carboxylic acids is 1. The molecule has 0 spiro atoms.